The zero-order valence-corrected chi connectivity index (χ0v) is 40.7. The van der Waals surface area contributed by atoms with E-state index < -0.39 is 0 Å². The summed E-state index contributed by atoms with van der Waals surface area (Å²) in [6, 6.07) is 69.1. The Morgan fingerprint density at radius 3 is 1.83 bits per heavy atom. The second kappa shape index (κ2) is 17.5. The minimum Gasteiger partial charge on any atom is -0.510 e. The Balaban J connectivity index is 0.00000548. The number of rotatable bonds is 10. The zero-order chi connectivity index (χ0) is 44.9. The maximum Gasteiger partial charge on any atom is 0.267 e. The third kappa shape index (κ3) is 8.33. The van der Waals surface area contributed by atoms with Gasteiger partial charge in [0.25, 0.3) is 6.33 Å². The Morgan fingerprint density at radius 1 is 0.530 bits per heavy atom. The Morgan fingerprint density at radius 2 is 1.15 bits per heavy atom. The predicted molar refractivity (Wildman–Crippen MR) is 264 cm³/mol. The quantitative estimate of drug-likeness (QED) is 0.101. The van der Waals surface area contributed by atoms with Gasteiger partial charge in [-0.1, -0.05) is 175 Å². The maximum atomic E-state index is 6.84. The predicted octanol–water partition coefficient (Wildman–Crippen LogP) is 14.1. The topological polar surface area (TPSA) is 35.9 Å². The van der Waals surface area contributed by atoms with E-state index in [1.807, 2.05) is 18.3 Å². The number of benzene rings is 7. The first-order chi connectivity index (χ1) is 31.3. The van der Waals surface area contributed by atoms with Gasteiger partial charge in [-0.15, -0.1) is 35.2 Å². The van der Waals surface area contributed by atoms with E-state index in [1.165, 1.54) is 22.3 Å². The van der Waals surface area contributed by atoms with Gasteiger partial charge in [-0.2, -0.15) is 12.1 Å². The van der Waals surface area contributed by atoms with Crippen LogP contribution in [0.3, 0.4) is 0 Å². The van der Waals surface area contributed by atoms with Gasteiger partial charge < -0.3 is 13.9 Å². The van der Waals surface area contributed by atoms with E-state index in [4.69, 9.17) is 9.72 Å². The van der Waals surface area contributed by atoms with Crippen molar-refractivity contribution < 1.29 is 30.4 Å². The molecule has 0 amide bonds. The molecule has 66 heavy (non-hydrogen) atoms. The molecule has 5 nitrogen and oxygen atoms in total. The number of hydrogen-bond acceptors (Lipinski definition) is 2. The fourth-order valence-electron chi connectivity index (χ4n) is 9.03. The maximum absolute atomic E-state index is 6.84. The third-order valence-corrected chi connectivity index (χ3v) is 13.0. The van der Waals surface area contributed by atoms with Crippen molar-refractivity contribution in [3.05, 3.63) is 235 Å². The van der Waals surface area contributed by atoms with Gasteiger partial charge in [-0.05, 0) is 74.6 Å². The van der Waals surface area contributed by atoms with E-state index in [-0.39, 0.29) is 37.3 Å². The van der Waals surface area contributed by atoms with Gasteiger partial charge in [0, 0.05) is 61.3 Å². The van der Waals surface area contributed by atoms with Gasteiger partial charge >= 0.3 is 0 Å². The van der Waals surface area contributed by atoms with Crippen molar-refractivity contribution in [2.75, 3.05) is 0 Å². The molecule has 0 fully saturated rings. The molecule has 10 rings (SSSR count). The largest absolute Gasteiger partial charge is 0.510 e. The fourth-order valence-corrected chi connectivity index (χ4v) is 9.03. The van der Waals surface area contributed by atoms with Crippen LogP contribution in [0.1, 0.15) is 76.4 Å². The van der Waals surface area contributed by atoms with Crippen LogP contribution in [0.25, 0.3) is 50.1 Å². The minimum atomic E-state index is -0.236. The first-order valence-electron chi connectivity index (χ1n) is 22.4. The number of pyridine rings is 1. The summed E-state index contributed by atoms with van der Waals surface area (Å²) in [5.74, 6) is 1.97. The van der Waals surface area contributed by atoms with Crippen molar-refractivity contribution in [2.45, 2.75) is 64.7 Å². The van der Waals surface area contributed by atoms with Gasteiger partial charge in [0.1, 0.15) is 5.82 Å². The van der Waals surface area contributed by atoms with Crippen molar-refractivity contribution in [2.24, 2.45) is 0 Å². The molecular formula is C60H52N4OPt-2. The average molecular weight is 1040 g/mol. The molecule has 0 unspecified atom stereocenters. The van der Waals surface area contributed by atoms with Crippen LogP contribution in [0.15, 0.2) is 188 Å². The molecule has 0 saturated heterocycles. The van der Waals surface area contributed by atoms with E-state index in [0.717, 1.165) is 55.8 Å². The van der Waals surface area contributed by atoms with Crippen LogP contribution < -0.4 is 9.30 Å². The summed E-state index contributed by atoms with van der Waals surface area (Å²) >= 11 is 0. The molecule has 0 aliphatic rings. The molecule has 0 spiro atoms. The molecule has 0 aliphatic heterocycles. The summed E-state index contributed by atoms with van der Waals surface area (Å²) < 4.78 is 13.3. The van der Waals surface area contributed by atoms with Crippen molar-refractivity contribution in [1.82, 2.24) is 14.1 Å². The van der Waals surface area contributed by atoms with E-state index in [1.54, 1.807) is 0 Å². The zero-order valence-electron chi connectivity index (χ0n) is 38.4. The average Bonchev–Trinajstić information content (AvgIpc) is 3.94. The summed E-state index contributed by atoms with van der Waals surface area (Å²) in [7, 11) is 0. The summed E-state index contributed by atoms with van der Waals surface area (Å²) in [6.45, 7) is 15.8. The molecule has 0 radical (unpaired) electrons. The van der Waals surface area contributed by atoms with Crippen LogP contribution in [0.4, 0.5) is 0 Å². The van der Waals surface area contributed by atoms with Crippen molar-refractivity contribution >= 4 is 21.8 Å². The van der Waals surface area contributed by atoms with Crippen LogP contribution in [-0.2, 0) is 37.3 Å². The van der Waals surface area contributed by atoms with E-state index >= 15 is 0 Å². The summed E-state index contributed by atoms with van der Waals surface area (Å²) in [4.78, 5) is 4.96. The Bertz CT molecular complexity index is 3320. The molecule has 0 N–H and O–H groups in total. The molecule has 6 heteroatoms. The molecule has 330 valence electrons. The second-order valence-electron chi connectivity index (χ2n) is 19.0. The molecule has 0 saturated carbocycles. The van der Waals surface area contributed by atoms with Gasteiger partial charge in [0.15, 0.2) is 0 Å². The van der Waals surface area contributed by atoms with Crippen molar-refractivity contribution in [3.63, 3.8) is 0 Å². The van der Waals surface area contributed by atoms with Gasteiger partial charge in [-0.3, -0.25) is 4.57 Å². The first-order valence-corrected chi connectivity index (χ1v) is 22.4. The minimum absolute atomic E-state index is 0. The number of ether oxygens (including phenoxy) is 1. The molecule has 7 aromatic carbocycles. The molecule has 0 aliphatic carbocycles. The SMILES string of the molecule is CC(C)(C)c1cn(-c2[c-]c(Oc3[c-]c4c(cc3)c3ccccc3n4-c3cc(C(C)(C)c4ccccc4)ccn3)cc(-c3ccccc3)c2)[c-][n+]1-c1cccc(C(C)(C)c2ccccc2)c1.[Pt]. The van der Waals surface area contributed by atoms with Crippen LogP contribution in [0.5, 0.6) is 11.5 Å². The van der Waals surface area contributed by atoms with E-state index in [0.29, 0.717) is 11.5 Å². The number of fused-ring (bicyclic) bond motifs is 3. The van der Waals surface area contributed by atoms with Gasteiger partial charge in [-0.25, -0.2) is 4.98 Å². The molecular weight excluding hydrogens is 988 g/mol. The molecule has 0 bridgehead atoms. The number of hydrogen-bond donors (Lipinski definition) is 0. The van der Waals surface area contributed by atoms with Crippen LogP contribution in [-0.4, -0.2) is 14.1 Å². The summed E-state index contributed by atoms with van der Waals surface area (Å²) in [5, 5.41) is 2.20. The monoisotopic (exact) mass is 1040 g/mol. The Kier molecular flexibility index (Phi) is 11.8. The third-order valence-electron chi connectivity index (χ3n) is 13.0. The molecule has 3 aromatic heterocycles. The molecule has 10 aromatic rings. The first kappa shape index (κ1) is 44.4. The summed E-state index contributed by atoms with van der Waals surface area (Å²) in [5.41, 5.74) is 11.3. The fraction of sp³-hybridized carbons (Fsp3) is 0.167. The van der Waals surface area contributed by atoms with Crippen molar-refractivity contribution in [3.8, 4) is 39.8 Å². The normalized spacial score (nSPS) is 12.0. The summed E-state index contributed by atoms with van der Waals surface area (Å²) in [6.07, 6.45) is 7.82. The molecule has 3 heterocycles. The molecule has 0 atom stereocenters. The van der Waals surface area contributed by atoms with Gasteiger partial charge in [0.05, 0.1) is 11.4 Å². The number of nitrogens with zero attached hydrogens (tertiary/aromatic N) is 4. The van der Waals surface area contributed by atoms with Crippen LogP contribution >= 0.6 is 0 Å². The Hall–Kier alpha value is -6.81. The van der Waals surface area contributed by atoms with Crippen LogP contribution in [0, 0.1) is 18.5 Å². The number of imidazole rings is 1. The smallest absolute Gasteiger partial charge is 0.267 e. The van der Waals surface area contributed by atoms with Crippen LogP contribution in [0.2, 0.25) is 0 Å². The standard InChI is InChI=1S/C60H52N4O.Pt/c1-58(2,3)56-40-62(41-63(56)48-27-19-26-46(36-48)59(4,5)44-22-13-9-14-23-44)49-34-43(42-20-11-8-12-21-42)35-51(38-49)65-50-30-31-53-52-28-17-18-29-54(52)64(55(53)39-50)57-37-47(32-33-61-57)60(6,7)45-24-15-10-16-25-45;/h8-37,40H,1-7H3;/q-2;. The number of para-hydroxylation sites is 1. The van der Waals surface area contributed by atoms with E-state index in [2.05, 4.69) is 251 Å². The van der Waals surface area contributed by atoms with Crippen molar-refractivity contribution in [1.29, 1.82) is 0 Å². The Labute approximate surface area is 403 Å². The number of aromatic nitrogens is 4. The van der Waals surface area contributed by atoms with E-state index in [9.17, 15) is 0 Å². The second-order valence-corrected chi connectivity index (χ2v) is 19.0. The van der Waals surface area contributed by atoms with Gasteiger partial charge in [0.2, 0.25) is 0 Å².